The van der Waals surface area contributed by atoms with Crippen molar-refractivity contribution in [1.82, 2.24) is 5.32 Å². The van der Waals surface area contributed by atoms with Crippen LogP contribution in [0.15, 0.2) is 34.5 Å². The molecule has 1 aliphatic rings. The lowest BCUT2D eigenvalue weighted by Gasteiger charge is -2.26. The maximum Gasteiger partial charge on any atom is 0.113 e. The Kier molecular flexibility index (Phi) is 4.84. The molecule has 0 aliphatic carbocycles. The second-order valence-corrected chi connectivity index (χ2v) is 5.47. The third-order valence-corrected chi connectivity index (χ3v) is 3.84. The zero-order chi connectivity index (χ0) is 13.0. The molecule has 0 fully saturated rings. The Hall–Kier alpha value is -0.800. The maximum atomic E-state index is 5.82. The molecule has 1 unspecified atom stereocenters. The van der Waals surface area contributed by atoms with Crippen molar-refractivity contribution < 1.29 is 4.74 Å². The summed E-state index contributed by atoms with van der Waals surface area (Å²) >= 11 is 3.64. The number of ether oxygens (including phenoxy) is 1. The summed E-state index contributed by atoms with van der Waals surface area (Å²) in [5, 5.41) is 3.51. The number of allylic oxidation sites excluding steroid dienone is 1. The number of hydrogen-bond acceptors (Lipinski definition) is 2. The molecular weight excluding hydrogens is 290 g/mol. The summed E-state index contributed by atoms with van der Waals surface area (Å²) in [6.45, 7) is 6.00. The van der Waals surface area contributed by atoms with Crippen LogP contribution in [-0.4, -0.2) is 13.2 Å². The van der Waals surface area contributed by atoms with Crippen LogP contribution in [0, 0.1) is 6.92 Å². The summed E-state index contributed by atoms with van der Waals surface area (Å²) in [5.74, 6) is 1.06. The van der Waals surface area contributed by atoms with E-state index < -0.39 is 0 Å². The lowest BCUT2D eigenvalue weighted by Crippen LogP contribution is -2.25. The molecule has 1 heterocycles. The lowest BCUT2D eigenvalue weighted by atomic mass is 10.0. The van der Waals surface area contributed by atoms with Gasteiger partial charge in [0, 0.05) is 4.47 Å². The van der Waals surface area contributed by atoms with Crippen LogP contribution >= 0.6 is 15.9 Å². The smallest absolute Gasteiger partial charge is 0.113 e. The highest BCUT2D eigenvalue weighted by Gasteiger charge is 2.21. The van der Waals surface area contributed by atoms with Gasteiger partial charge in [-0.2, -0.15) is 0 Å². The van der Waals surface area contributed by atoms with Crippen molar-refractivity contribution in [3.8, 4) is 0 Å². The first-order valence-electron chi connectivity index (χ1n) is 6.54. The quantitative estimate of drug-likeness (QED) is 0.904. The molecule has 1 N–H and O–H groups in total. The maximum absolute atomic E-state index is 5.82. The minimum Gasteiger partial charge on any atom is -0.496 e. The van der Waals surface area contributed by atoms with Crippen molar-refractivity contribution in [2.45, 2.75) is 32.7 Å². The van der Waals surface area contributed by atoms with Gasteiger partial charge in [-0.25, -0.2) is 0 Å². The van der Waals surface area contributed by atoms with Gasteiger partial charge in [-0.05, 0) is 44.0 Å². The number of likely N-dealkylation sites (N-methyl/N-ethyl adjacent to an activating group) is 1. The van der Waals surface area contributed by atoms with E-state index in [9.17, 15) is 0 Å². The van der Waals surface area contributed by atoms with Crippen molar-refractivity contribution >= 4 is 15.9 Å². The van der Waals surface area contributed by atoms with Gasteiger partial charge in [0.15, 0.2) is 0 Å². The highest BCUT2D eigenvalue weighted by molar-refractivity contribution is 9.10. The zero-order valence-corrected chi connectivity index (χ0v) is 12.6. The molecule has 1 aromatic rings. The van der Waals surface area contributed by atoms with Gasteiger partial charge in [-0.15, -0.1) is 0 Å². The monoisotopic (exact) mass is 309 g/mol. The molecular formula is C15H20BrNO. The minimum atomic E-state index is 0.157. The molecule has 2 rings (SSSR count). The van der Waals surface area contributed by atoms with Crippen molar-refractivity contribution in [2.24, 2.45) is 0 Å². The molecule has 0 saturated heterocycles. The summed E-state index contributed by atoms with van der Waals surface area (Å²) in [7, 11) is 0. The first-order valence-corrected chi connectivity index (χ1v) is 7.34. The molecule has 1 atom stereocenters. The SMILES string of the molecule is CCNC(C1=CCCCO1)c1cc(C)ccc1Br. The molecule has 0 aromatic heterocycles. The Morgan fingerprint density at radius 2 is 2.28 bits per heavy atom. The van der Waals surface area contributed by atoms with Gasteiger partial charge in [0.05, 0.1) is 12.6 Å². The molecule has 3 heteroatoms. The first kappa shape index (κ1) is 13.6. The van der Waals surface area contributed by atoms with Crippen LogP contribution < -0.4 is 5.32 Å². The van der Waals surface area contributed by atoms with E-state index in [1.807, 2.05) is 0 Å². The average Bonchev–Trinajstić information content (AvgIpc) is 2.40. The van der Waals surface area contributed by atoms with Crippen LogP contribution in [0.4, 0.5) is 0 Å². The van der Waals surface area contributed by atoms with Gasteiger partial charge >= 0.3 is 0 Å². The van der Waals surface area contributed by atoms with Crippen LogP contribution in [0.5, 0.6) is 0 Å². The van der Waals surface area contributed by atoms with Crippen molar-refractivity contribution in [2.75, 3.05) is 13.2 Å². The van der Waals surface area contributed by atoms with Crippen molar-refractivity contribution in [3.05, 3.63) is 45.6 Å². The lowest BCUT2D eigenvalue weighted by molar-refractivity contribution is 0.168. The van der Waals surface area contributed by atoms with E-state index in [1.54, 1.807) is 0 Å². The fourth-order valence-corrected chi connectivity index (χ4v) is 2.71. The van der Waals surface area contributed by atoms with E-state index in [1.165, 1.54) is 11.1 Å². The normalized spacial score (nSPS) is 16.9. The number of hydrogen-bond donors (Lipinski definition) is 1. The molecule has 0 spiro atoms. The van der Waals surface area contributed by atoms with Gasteiger partial charge in [0.1, 0.15) is 5.76 Å². The van der Waals surface area contributed by atoms with Crippen LogP contribution in [0.2, 0.25) is 0 Å². The molecule has 1 aromatic carbocycles. The molecule has 0 bridgehead atoms. The Morgan fingerprint density at radius 3 is 2.94 bits per heavy atom. The third kappa shape index (κ3) is 3.15. The summed E-state index contributed by atoms with van der Waals surface area (Å²) in [5.41, 5.74) is 2.53. The average molecular weight is 310 g/mol. The molecule has 0 radical (unpaired) electrons. The predicted octanol–water partition coefficient (Wildman–Crippen LogP) is 4.10. The number of benzene rings is 1. The molecule has 18 heavy (non-hydrogen) atoms. The first-order chi connectivity index (χ1) is 8.72. The standard InChI is InChI=1S/C15H20BrNO/c1-3-17-15(14-6-4-5-9-18-14)12-10-11(2)7-8-13(12)16/h6-8,10,15,17H,3-5,9H2,1-2H3. The van der Waals surface area contributed by atoms with Gasteiger partial charge in [0.25, 0.3) is 0 Å². The summed E-state index contributed by atoms with van der Waals surface area (Å²) in [6.07, 6.45) is 4.45. The molecule has 1 aliphatic heterocycles. The van der Waals surface area contributed by atoms with E-state index in [2.05, 4.69) is 59.4 Å². The van der Waals surface area contributed by atoms with Gasteiger partial charge in [-0.3, -0.25) is 0 Å². The van der Waals surface area contributed by atoms with E-state index in [0.717, 1.165) is 36.2 Å². The fraction of sp³-hybridized carbons (Fsp3) is 0.467. The number of nitrogens with one attached hydrogen (secondary N) is 1. The van der Waals surface area contributed by atoms with Crippen molar-refractivity contribution in [1.29, 1.82) is 0 Å². The Bertz CT molecular complexity index is 442. The zero-order valence-electron chi connectivity index (χ0n) is 11.0. The van der Waals surface area contributed by atoms with E-state index in [-0.39, 0.29) is 6.04 Å². The highest BCUT2D eigenvalue weighted by Crippen LogP contribution is 2.31. The second kappa shape index (κ2) is 6.39. The minimum absolute atomic E-state index is 0.157. The number of rotatable bonds is 4. The fourth-order valence-electron chi connectivity index (χ4n) is 2.23. The van der Waals surface area contributed by atoms with Gasteiger partial charge in [0.2, 0.25) is 0 Å². The van der Waals surface area contributed by atoms with Crippen LogP contribution in [-0.2, 0) is 4.74 Å². The van der Waals surface area contributed by atoms with E-state index in [0.29, 0.717) is 0 Å². The van der Waals surface area contributed by atoms with Gasteiger partial charge in [-0.1, -0.05) is 40.5 Å². The number of aryl methyl sites for hydroxylation is 1. The largest absolute Gasteiger partial charge is 0.496 e. The summed E-state index contributed by atoms with van der Waals surface area (Å²) in [6, 6.07) is 6.60. The Labute approximate surface area is 118 Å². The third-order valence-electron chi connectivity index (χ3n) is 3.12. The van der Waals surface area contributed by atoms with Crippen LogP contribution in [0.25, 0.3) is 0 Å². The Morgan fingerprint density at radius 1 is 1.44 bits per heavy atom. The Balaban J connectivity index is 2.34. The summed E-state index contributed by atoms with van der Waals surface area (Å²) in [4.78, 5) is 0. The molecule has 98 valence electrons. The topological polar surface area (TPSA) is 21.3 Å². The van der Waals surface area contributed by atoms with E-state index in [4.69, 9.17) is 4.74 Å². The highest BCUT2D eigenvalue weighted by atomic mass is 79.9. The van der Waals surface area contributed by atoms with Crippen LogP contribution in [0.1, 0.15) is 36.9 Å². The summed E-state index contributed by atoms with van der Waals surface area (Å²) < 4.78 is 6.95. The van der Waals surface area contributed by atoms with Crippen LogP contribution in [0.3, 0.4) is 0 Å². The van der Waals surface area contributed by atoms with Crippen molar-refractivity contribution in [3.63, 3.8) is 0 Å². The number of halogens is 1. The molecule has 0 amide bonds. The van der Waals surface area contributed by atoms with E-state index >= 15 is 0 Å². The molecule has 0 saturated carbocycles. The second-order valence-electron chi connectivity index (χ2n) is 4.61. The molecule has 2 nitrogen and oxygen atoms in total. The van der Waals surface area contributed by atoms with Gasteiger partial charge < -0.3 is 10.1 Å². The predicted molar refractivity (Wildman–Crippen MR) is 78.6 cm³/mol.